The third-order valence-corrected chi connectivity index (χ3v) is 3.08. The molecule has 0 saturated carbocycles. The second-order valence-corrected chi connectivity index (χ2v) is 4.51. The van der Waals surface area contributed by atoms with Crippen molar-refractivity contribution in [3.63, 3.8) is 0 Å². The lowest BCUT2D eigenvalue weighted by Gasteiger charge is -2.04. The third kappa shape index (κ3) is 2.90. The van der Waals surface area contributed by atoms with Crippen molar-refractivity contribution < 1.29 is 4.74 Å². The molecule has 3 rings (SSSR count). The van der Waals surface area contributed by atoms with Gasteiger partial charge >= 0.3 is 6.01 Å². The number of rotatable bonds is 4. The number of aryl methyl sites for hydroxylation is 1. The molecule has 21 heavy (non-hydrogen) atoms. The summed E-state index contributed by atoms with van der Waals surface area (Å²) in [6, 6.07) is 13.6. The van der Waals surface area contributed by atoms with E-state index in [1.54, 1.807) is 17.1 Å². The fourth-order valence-corrected chi connectivity index (χ4v) is 1.93. The number of nitrogens with zero attached hydrogens (tertiary/aromatic N) is 4. The SMILES string of the molecule is Cc1nc(Oc2ncn(-c3ccccc3)n2)ccc1CN. The molecule has 6 heteroatoms. The summed E-state index contributed by atoms with van der Waals surface area (Å²) in [7, 11) is 0. The Hall–Kier alpha value is -2.73. The molecule has 0 fully saturated rings. The zero-order valence-corrected chi connectivity index (χ0v) is 11.6. The summed E-state index contributed by atoms with van der Waals surface area (Å²) in [5, 5.41) is 4.27. The van der Waals surface area contributed by atoms with Gasteiger partial charge in [0.1, 0.15) is 6.33 Å². The van der Waals surface area contributed by atoms with Crippen LogP contribution in [0.25, 0.3) is 5.69 Å². The average molecular weight is 281 g/mol. The number of pyridine rings is 1. The Kier molecular flexibility index (Phi) is 3.61. The van der Waals surface area contributed by atoms with Crippen LogP contribution in [0.1, 0.15) is 11.3 Å². The minimum Gasteiger partial charge on any atom is -0.404 e. The van der Waals surface area contributed by atoms with Crippen LogP contribution >= 0.6 is 0 Å². The van der Waals surface area contributed by atoms with Gasteiger partial charge in [0.05, 0.1) is 5.69 Å². The Labute approximate surface area is 122 Å². The molecule has 0 aliphatic rings. The molecule has 2 aromatic heterocycles. The molecule has 6 nitrogen and oxygen atoms in total. The number of aromatic nitrogens is 4. The van der Waals surface area contributed by atoms with Crippen LogP contribution < -0.4 is 10.5 Å². The largest absolute Gasteiger partial charge is 0.404 e. The first kappa shape index (κ1) is 13.3. The summed E-state index contributed by atoms with van der Waals surface area (Å²) in [4.78, 5) is 8.45. The maximum Gasteiger partial charge on any atom is 0.342 e. The number of benzene rings is 1. The Morgan fingerprint density at radius 3 is 2.67 bits per heavy atom. The van der Waals surface area contributed by atoms with E-state index in [0.29, 0.717) is 12.4 Å². The van der Waals surface area contributed by atoms with Crippen molar-refractivity contribution in [2.24, 2.45) is 5.73 Å². The Morgan fingerprint density at radius 1 is 1.14 bits per heavy atom. The van der Waals surface area contributed by atoms with Crippen LogP contribution in [0.2, 0.25) is 0 Å². The average Bonchev–Trinajstić information content (AvgIpc) is 2.97. The van der Waals surface area contributed by atoms with E-state index >= 15 is 0 Å². The predicted molar refractivity (Wildman–Crippen MR) is 78.3 cm³/mol. The van der Waals surface area contributed by atoms with Gasteiger partial charge in [-0.05, 0) is 24.6 Å². The van der Waals surface area contributed by atoms with E-state index in [2.05, 4.69) is 15.1 Å². The van der Waals surface area contributed by atoms with Crippen molar-refractivity contribution in [2.45, 2.75) is 13.5 Å². The highest BCUT2D eigenvalue weighted by Gasteiger charge is 2.07. The molecule has 0 aliphatic heterocycles. The quantitative estimate of drug-likeness (QED) is 0.793. The molecule has 2 heterocycles. The summed E-state index contributed by atoms with van der Waals surface area (Å²) in [6.07, 6.45) is 1.60. The zero-order chi connectivity index (χ0) is 14.7. The van der Waals surface area contributed by atoms with Crippen LogP contribution in [0.15, 0.2) is 48.8 Å². The summed E-state index contributed by atoms with van der Waals surface area (Å²) in [5.74, 6) is 0.454. The van der Waals surface area contributed by atoms with Crippen LogP contribution in [0.4, 0.5) is 0 Å². The molecule has 1 aromatic carbocycles. The van der Waals surface area contributed by atoms with E-state index in [-0.39, 0.29) is 6.01 Å². The zero-order valence-electron chi connectivity index (χ0n) is 11.6. The van der Waals surface area contributed by atoms with Crippen molar-refractivity contribution in [1.82, 2.24) is 19.7 Å². The van der Waals surface area contributed by atoms with Crippen LogP contribution in [0.5, 0.6) is 11.9 Å². The number of ether oxygens (including phenoxy) is 1. The van der Waals surface area contributed by atoms with E-state index in [1.165, 1.54) is 0 Å². The van der Waals surface area contributed by atoms with E-state index in [0.717, 1.165) is 16.9 Å². The molecule has 3 aromatic rings. The number of hydrogen-bond acceptors (Lipinski definition) is 5. The molecule has 0 unspecified atom stereocenters. The Bertz CT molecular complexity index is 739. The molecule has 0 atom stereocenters. The highest BCUT2D eigenvalue weighted by Crippen LogP contribution is 2.18. The normalized spacial score (nSPS) is 10.6. The standard InChI is InChI=1S/C15H15N5O/c1-11-12(9-16)7-8-14(18-11)21-15-17-10-20(19-15)13-5-3-2-4-6-13/h2-8,10H,9,16H2,1H3. The minimum atomic E-state index is 0.256. The van der Waals surface area contributed by atoms with Crippen LogP contribution in [-0.2, 0) is 6.54 Å². The lowest BCUT2D eigenvalue weighted by Crippen LogP contribution is -2.02. The van der Waals surface area contributed by atoms with Gasteiger partial charge in [-0.25, -0.2) is 9.67 Å². The van der Waals surface area contributed by atoms with Gasteiger partial charge in [0.15, 0.2) is 0 Å². The second kappa shape index (κ2) is 5.72. The van der Waals surface area contributed by atoms with Gasteiger partial charge in [-0.3, -0.25) is 0 Å². The van der Waals surface area contributed by atoms with Crippen molar-refractivity contribution in [2.75, 3.05) is 0 Å². The van der Waals surface area contributed by atoms with E-state index < -0.39 is 0 Å². The lowest BCUT2D eigenvalue weighted by atomic mass is 10.2. The van der Waals surface area contributed by atoms with Gasteiger partial charge in [-0.1, -0.05) is 24.3 Å². The van der Waals surface area contributed by atoms with Crippen LogP contribution in [-0.4, -0.2) is 19.7 Å². The monoisotopic (exact) mass is 281 g/mol. The first-order chi connectivity index (χ1) is 10.3. The molecule has 0 amide bonds. The minimum absolute atomic E-state index is 0.256. The number of nitrogens with two attached hydrogens (primary N) is 1. The second-order valence-electron chi connectivity index (χ2n) is 4.51. The smallest absolute Gasteiger partial charge is 0.342 e. The van der Waals surface area contributed by atoms with E-state index in [1.807, 2.05) is 43.3 Å². The van der Waals surface area contributed by atoms with Crippen LogP contribution in [0, 0.1) is 6.92 Å². The van der Waals surface area contributed by atoms with Crippen molar-refractivity contribution >= 4 is 0 Å². The summed E-state index contributed by atoms with van der Waals surface area (Å²) in [6.45, 7) is 2.35. The third-order valence-electron chi connectivity index (χ3n) is 3.08. The van der Waals surface area contributed by atoms with Crippen molar-refractivity contribution in [3.05, 3.63) is 60.0 Å². The van der Waals surface area contributed by atoms with E-state index in [4.69, 9.17) is 10.5 Å². The van der Waals surface area contributed by atoms with Gasteiger partial charge in [0.2, 0.25) is 5.88 Å². The highest BCUT2D eigenvalue weighted by atomic mass is 16.5. The maximum absolute atomic E-state index is 5.61. The number of para-hydroxylation sites is 1. The van der Waals surface area contributed by atoms with Gasteiger partial charge < -0.3 is 10.5 Å². The van der Waals surface area contributed by atoms with Gasteiger partial charge in [0.25, 0.3) is 0 Å². The first-order valence-electron chi connectivity index (χ1n) is 6.58. The molecule has 2 N–H and O–H groups in total. The summed E-state index contributed by atoms with van der Waals surface area (Å²) < 4.78 is 7.22. The first-order valence-corrected chi connectivity index (χ1v) is 6.58. The highest BCUT2D eigenvalue weighted by molar-refractivity contribution is 5.30. The summed E-state index contributed by atoms with van der Waals surface area (Å²) in [5.41, 5.74) is 8.37. The molecular formula is C15H15N5O. The summed E-state index contributed by atoms with van der Waals surface area (Å²) >= 11 is 0. The fourth-order valence-electron chi connectivity index (χ4n) is 1.93. The molecule has 106 valence electrons. The molecule has 0 aliphatic carbocycles. The van der Waals surface area contributed by atoms with Crippen molar-refractivity contribution in [1.29, 1.82) is 0 Å². The molecule has 0 radical (unpaired) electrons. The fraction of sp³-hybridized carbons (Fsp3) is 0.133. The molecule has 0 bridgehead atoms. The van der Waals surface area contributed by atoms with Crippen molar-refractivity contribution in [3.8, 4) is 17.6 Å². The maximum atomic E-state index is 5.61. The van der Waals surface area contributed by atoms with Gasteiger partial charge in [-0.2, -0.15) is 4.98 Å². The van der Waals surface area contributed by atoms with E-state index in [9.17, 15) is 0 Å². The van der Waals surface area contributed by atoms with Crippen LogP contribution in [0.3, 0.4) is 0 Å². The van der Waals surface area contributed by atoms with Gasteiger partial charge in [-0.15, -0.1) is 5.10 Å². The molecule has 0 saturated heterocycles. The topological polar surface area (TPSA) is 78.9 Å². The predicted octanol–water partition coefficient (Wildman–Crippen LogP) is 2.22. The Balaban J connectivity index is 1.80. The molecular weight excluding hydrogens is 266 g/mol. The lowest BCUT2D eigenvalue weighted by molar-refractivity contribution is 0.423. The number of hydrogen-bond donors (Lipinski definition) is 1. The molecule has 0 spiro atoms. The van der Waals surface area contributed by atoms with Gasteiger partial charge in [0, 0.05) is 18.3 Å². The Morgan fingerprint density at radius 2 is 1.95 bits per heavy atom.